The molecule has 4 aromatic carbocycles. The number of benzene rings is 4. The van der Waals surface area contributed by atoms with Gasteiger partial charge in [-0.05, 0) is 70.8 Å². The van der Waals surface area contributed by atoms with Gasteiger partial charge in [-0.2, -0.15) is 0 Å². The summed E-state index contributed by atoms with van der Waals surface area (Å²) in [7, 11) is 3.27. The average Bonchev–Trinajstić information content (AvgIpc) is 2.91. The van der Waals surface area contributed by atoms with E-state index in [1.807, 2.05) is 84.9 Å². The highest BCUT2D eigenvalue weighted by Gasteiger charge is 2.11. The Kier molecular flexibility index (Phi) is 6.70. The second kappa shape index (κ2) is 10.2. The maximum atomic E-state index is 5.76. The Bertz CT molecular complexity index is 1390. The molecule has 2 heteroatoms. The van der Waals surface area contributed by atoms with E-state index in [2.05, 4.69) is 23.7 Å². The largest absolute Gasteiger partial charge is 0.497 e. The van der Waals surface area contributed by atoms with Crippen molar-refractivity contribution in [3.05, 3.63) is 107 Å². The van der Waals surface area contributed by atoms with Crippen LogP contribution in [0.3, 0.4) is 0 Å². The molecule has 0 heterocycles. The first-order valence-corrected chi connectivity index (χ1v) is 10.7. The molecule has 0 bridgehead atoms. The molecule has 0 saturated carbocycles. The summed E-state index contributed by atoms with van der Waals surface area (Å²) in [5, 5.41) is 0. The van der Waals surface area contributed by atoms with E-state index in [-0.39, 0.29) is 0 Å². The van der Waals surface area contributed by atoms with E-state index in [0.29, 0.717) is 0 Å². The van der Waals surface area contributed by atoms with Crippen LogP contribution in [0.25, 0.3) is 22.3 Å². The molecule has 0 radical (unpaired) electrons. The lowest BCUT2D eigenvalue weighted by molar-refractivity contribution is 0.414. The van der Waals surface area contributed by atoms with Crippen molar-refractivity contribution < 1.29 is 9.47 Å². The van der Waals surface area contributed by atoms with Gasteiger partial charge in [0.2, 0.25) is 0 Å². The Morgan fingerprint density at radius 2 is 0.882 bits per heavy atom. The van der Waals surface area contributed by atoms with Gasteiger partial charge in [-0.3, -0.25) is 0 Å². The molecular formula is C32H22O2. The van der Waals surface area contributed by atoms with Crippen molar-refractivity contribution in [3.63, 3.8) is 0 Å². The van der Waals surface area contributed by atoms with Gasteiger partial charge in [0.15, 0.2) is 0 Å². The van der Waals surface area contributed by atoms with Gasteiger partial charge >= 0.3 is 0 Å². The second-order valence-corrected chi connectivity index (χ2v) is 7.45. The first-order valence-electron chi connectivity index (χ1n) is 10.7. The van der Waals surface area contributed by atoms with Gasteiger partial charge in [0, 0.05) is 22.3 Å². The smallest absolute Gasteiger partial charge is 0.120 e. The number of methoxy groups -OCH3 is 2. The summed E-state index contributed by atoms with van der Waals surface area (Å²) in [5.74, 6) is 13.7. The summed E-state index contributed by atoms with van der Waals surface area (Å²) >= 11 is 0. The lowest BCUT2D eigenvalue weighted by atomic mass is 9.94. The molecule has 0 amide bonds. The summed E-state index contributed by atoms with van der Waals surface area (Å²) in [5.41, 5.74) is 7.00. The molecular weight excluding hydrogens is 416 g/mol. The van der Waals surface area contributed by atoms with Crippen LogP contribution in [0.4, 0.5) is 0 Å². The number of ether oxygens (including phenoxy) is 2. The zero-order chi connectivity index (χ0) is 23.9. The van der Waals surface area contributed by atoms with Crippen molar-refractivity contribution in [1.29, 1.82) is 0 Å². The molecule has 162 valence electrons. The standard InChI is InChI=1S/C32H22O2/c1-5-23-11-7-9-13-29(23)31-19-17-27(33-3)21-25(31)15-16-26-22-28(34-4)18-20-32(26)30-14-10-8-12-24(30)6-2/h1-2,7-14,17-22H,3-4H3. The summed E-state index contributed by atoms with van der Waals surface area (Å²) in [6.45, 7) is 0. The highest BCUT2D eigenvalue weighted by molar-refractivity contribution is 5.80. The van der Waals surface area contributed by atoms with Crippen LogP contribution in [-0.4, -0.2) is 14.2 Å². The van der Waals surface area contributed by atoms with Gasteiger partial charge in [-0.1, -0.05) is 60.1 Å². The Morgan fingerprint density at radius 1 is 0.500 bits per heavy atom. The minimum atomic E-state index is 0.717. The molecule has 0 spiro atoms. The summed E-state index contributed by atoms with van der Waals surface area (Å²) in [4.78, 5) is 0. The maximum absolute atomic E-state index is 5.76. The number of hydrogen-bond acceptors (Lipinski definition) is 2. The van der Waals surface area contributed by atoms with E-state index in [1.54, 1.807) is 14.2 Å². The Balaban J connectivity index is 1.92. The average molecular weight is 439 g/mol. The van der Waals surface area contributed by atoms with Gasteiger partial charge in [0.25, 0.3) is 0 Å². The van der Waals surface area contributed by atoms with Crippen LogP contribution >= 0.6 is 0 Å². The van der Waals surface area contributed by atoms with Crippen molar-refractivity contribution in [1.82, 2.24) is 0 Å². The Morgan fingerprint density at radius 3 is 1.26 bits per heavy atom. The lowest BCUT2D eigenvalue weighted by Gasteiger charge is -2.11. The van der Waals surface area contributed by atoms with Crippen LogP contribution in [0.5, 0.6) is 11.5 Å². The van der Waals surface area contributed by atoms with E-state index in [0.717, 1.165) is 56.0 Å². The van der Waals surface area contributed by atoms with Crippen LogP contribution in [0.1, 0.15) is 22.3 Å². The summed E-state index contributed by atoms with van der Waals surface area (Å²) in [6.07, 6.45) is 11.5. The zero-order valence-corrected chi connectivity index (χ0v) is 19.1. The SMILES string of the molecule is C#Cc1ccccc1-c1ccc(OC)cc1C#Cc1cc(OC)ccc1-c1ccccc1C#C. The van der Waals surface area contributed by atoms with Crippen LogP contribution in [0, 0.1) is 36.5 Å². The molecule has 0 aliphatic carbocycles. The molecule has 0 N–H and O–H groups in total. The number of terminal acetylenes is 2. The zero-order valence-electron chi connectivity index (χ0n) is 19.1. The Labute approximate surface area is 201 Å². The van der Waals surface area contributed by atoms with E-state index < -0.39 is 0 Å². The monoisotopic (exact) mass is 438 g/mol. The molecule has 4 rings (SSSR count). The van der Waals surface area contributed by atoms with Crippen molar-refractivity contribution in [2.24, 2.45) is 0 Å². The summed E-state index contributed by atoms with van der Waals surface area (Å²) in [6, 6.07) is 27.3. The minimum Gasteiger partial charge on any atom is -0.497 e. The quantitative estimate of drug-likeness (QED) is 0.343. The summed E-state index contributed by atoms with van der Waals surface area (Å²) < 4.78 is 10.9. The third kappa shape index (κ3) is 4.52. The molecule has 2 nitrogen and oxygen atoms in total. The van der Waals surface area contributed by atoms with Gasteiger partial charge < -0.3 is 9.47 Å². The van der Waals surface area contributed by atoms with Crippen molar-refractivity contribution in [2.75, 3.05) is 14.2 Å². The fourth-order valence-corrected chi connectivity index (χ4v) is 3.80. The van der Waals surface area contributed by atoms with E-state index in [9.17, 15) is 0 Å². The van der Waals surface area contributed by atoms with Gasteiger partial charge in [0.05, 0.1) is 14.2 Å². The van der Waals surface area contributed by atoms with E-state index in [4.69, 9.17) is 22.3 Å². The van der Waals surface area contributed by atoms with Crippen molar-refractivity contribution >= 4 is 0 Å². The molecule has 34 heavy (non-hydrogen) atoms. The molecule has 0 aliphatic rings. The van der Waals surface area contributed by atoms with Crippen molar-refractivity contribution in [3.8, 4) is 70.3 Å². The Hall–Kier alpha value is -4.84. The maximum Gasteiger partial charge on any atom is 0.120 e. The van der Waals surface area contributed by atoms with E-state index in [1.165, 1.54) is 0 Å². The van der Waals surface area contributed by atoms with Crippen LogP contribution in [-0.2, 0) is 0 Å². The van der Waals surface area contributed by atoms with Crippen molar-refractivity contribution in [2.45, 2.75) is 0 Å². The molecule has 0 aliphatic heterocycles. The third-order valence-corrected chi connectivity index (χ3v) is 5.53. The highest BCUT2D eigenvalue weighted by atomic mass is 16.5. The first-order chi connectivity index (χ1) is 16.7. The number of hydrogen-bond donors (Lipinski definition) is 0. The molecule has 0 unspecified atom stereocenters. The van der Waals surface area contributed by atoms with Crippen LogP contribution < -0.4 is 9.47 Å². The molecule has 0 saturated heterocycles. The van der Waals surface area contributed by atoms with Gasteiger partial charge in [-0.25, -0.2) is 0 Å². The molecule has 0 atom stereocenters. The van der Waals surface area contributed by atoms with Crippen LogP contribution in [0.15, 0.2) is 84.9 Å². The number of rotatable bonds is 4. The molecule has 0 aromatic heterocycles. The van der Waals surface area contributed by atoms with Crippen LogP contribution in [0.2, 0.25) is 0 Å². The normalized spacial score (nSPS) is 9.76. The fraction of sp³-hybridized carbons (Fsp3) is 0.0625. The predicted octanol–water partition coefficient (Wildman–Crippen LogP) is 6.40. The third-order valence-electron chi connectivity index (χ3n) is 5.53. The highest BCUT2D eigenvalue weighted by Crippen LogP contribution is 2.31. The molecule has 4 aromatic rings. The predicted molar refractivity (Wildman–Crippen MR) is 139 cm³/mol. The second-order valence-electron chi connectivity index (χ2n) is 7.45. The van der Waals surface area contributed by atoms with Gasteiger partial charge in [0.1, 0.15) is 11.5 Å². The topological polar surface area (TPSA) is 18.5 Å². The first kappa shape index (κ1) is 22.4. The lowest BCUT2D eigenvalue weighted by Crippen LogP contribution is -1.93. The van der Waals surface area contributed by atoms with E-state index >= 15 is 0 Å². The van der Waals surface area contributed by atoms with Gasteiger partial charge in [-0.15, -0.1) is 12.8 Å². The minimum absolute atomic E-state index is 0.717. The molecule has 0 fully saturated rings. The fourth-order valence-electron chi connectivity index (χ4n) is 3.80.